The number of amides is 3. The highest BCUT2D eigenvalue weighted by Gasteiger charge is 2.44. The fraction of sp³-hybridized carbons (Fsp3) is 0.250. The van der Waals surface area contributed by atoms with Gasteiger partial charge in [-0.3, -0.25) is 4.79 Å². The summed E-state index contributed by atoms with van der Waals surface area (Å²) in [7, 11) is 0. The lowest BCUT2D eigenvalue weighted by atomic mass is 9.98. The van der Waals surface area contributed by atoms with Gasteiger partial charge in [-0.25, -0.2) is 23.5 Å². The number of hydrogen-bond acceptors (Lipinski definition) is 6. The van der Waals surface area contributed by atoms with Crippen LogP contribution in [0, 0.1) is 18.6 Å². The Morgan fingerprint density at radius 1 is 0.978 bits per heavy atom. The molecule has 9 nitrogen and oxygen atoms in total. The fourth-order valence-corrected chi connectivity index (χ4v) is 5.11. The molecule has 46 heavy (non-hydrogen) atoms. The molecule has 3 N–H and O–H groups in total. The number of carbonyl (C=O) groups excluding carboxylic acids is 2. The van der Waals surface area contributed by atoms with Crippen molar-refractivity contribution in [3.63, 3.8) is 0 Å². The lowest BCUT2D eigenvalue weighted by molar-refractivity contribution is -0.170. The van der Waals surface area contributed by atoms with Gasteiger partial charge in [0.05, 0.1) is 12.2 Å². The van der Waals surface area contributed by atoms with Gasteiger partial charge in [0, 0.05) is 41.6 Å². The first-order valence-electron chi connectivity index (χ1n) is 14.3. The molecule has 1 aliphatic heterocycles. The first kappa shape index (κ1) is 32.1. The van der Waals surface area contributed by atoms with Crippen molar-refractivity contribution in [2.45, 2.75) is 39.5 Å². The van der Waals surface area contributed by atoms with Crippen molar-refractivity contribution in [1.82, 2.24) is 15.3 Å². The second kappa shape index (κ2) is 13.0. The molecule has 3 aromatic carbocycles. The van der Waals surface area contributed by atoms with Crippen molar-refractivity contribution in [2.24, 2.45) is 0 Å². The molecular formula is C32H30F5N7O2. The molecule has 0 atom stereocenters. The van der Waals surface area contributed by atoms with E-state index in [1.54, 1.807) is 13.0 Å². The third-order valence-corrected chi connectivity index (χ3v) is 7.22. The number of carbonyl (C=O) groups is 2. The molecule has 0 fully saturated rings. The predicted molar refractivity (Wildman–Crippen MR) is 165 cm³/mol. The summed E-state index contributed by atoms with van der Waals surface area (Å²) in [5, 5.41) is 8.87. The second-order valence-electron chi connectivity index (χ2n) is 10.7. The van der Waals surface area contributed by atoms with Gasteiger partial charge in [-0.1, -0.05) is 30.3 Å². The summed E-state index contributed by atoms with van der Waals surface area (Å²) >= 11 is 0. The van der Waals surface area contributed by atoms with E-state index in [1.165, 1.54) is 26.0 Å². The maximum Gasteiger partial charge on any atom is 0.471 e. The minimum absolute atomic E-state index is 0.00283. The molecular weight excluding hydrogens is 609 g/mol. The second-order valence-corrected chi connectivity index (χ2v) is 10.7. The Bertz CT molecular complexity index is 1750. The Balaban J connectivity index is 1.63. The molecule has 5 rings (SSSR count). The molecule has 0 saturated heterocycles. The van der Waals surface area contributed by atoms with Crippen molar-refractivity contribution in [3.05, 3.63) is 89.5 Å². The normalized spacial score (nSPS) is 12.9. The molecule has 2 heterocycles. The zero-order valence-corrected chi connectivity index (χ0v) is 25.0. The number of para-hydroxylation sites is 2. The number of hydrogen-bond donors (Lipinski definition) is 3. The molecule has 1 aromatic heterocycles. The number of anilines is 5. The van der Waals surface area contributed by atoms with Crippen LogP contribution in [0.4, 0.5) is 55.6 Å². The number of nitrogens with zero attached hydrogens (tertiary/aromatic N) is 4. The molecule has 0 saturated carbocycles. The van der Waals surface area contributed by atoms with E-state index in [0.29, 0.717) is 22.6 Å². The van der Waals surface area contributed by atoms with Crippen molar-refractivity contribution < 1.29 is 31.5 Å². The molecule has 0 unspecified atom stereocenters. The highest BCUT2D eigenvalue weighted by Crippen LogP contribution is 2.40. The summed E-state index contributed by atoms with van der Waals surface area (Å²) in [5.41, 5.74) is 1.52. The minimum Gasteiger partial charge on any atom is -0.383 e. The van der Waals surface area contributed by atoms with Crippen LogP contribution in [-0.2, 0) is 11.3 Å². The number of halogens is 5. The van der Waals surface area contributed by atoms with Gasteiger partial charge in [0.1, 0.15) is 17.3 Å². The summed E-state index contributed by atoms with van der Waals surface area (Å²) in [6, 6.07) is 15.2. The molecule has 240 valence electrons. The van der Waals surface area contributed by atoms with Gasteiger partial charge in [0.2, 0.25) is 5.95 Å². The van der Waals surface area contributed by atoms with E-state index < -0.39 is 41.5 Å². The first-order chi connectivity index (χ1) is 21.9. The minimum atomic E-state index is -5.12. The van der Waals surface area contributed by atoms with Crippen LogP contribution in [0.3, 0.4) is 0 Å². The Labute approximate surface area is 261 Å². The number of benzene rings is 3. The van der Waals surface area contributed by atoms with Gasteiger partial charge in [-0.15, -0.1) is 0 Å². The van der Waals surface area contributed by atoms with Gasteiger partial charge in [-0.05, 0) is 62.7 Å². The highest BCUT2D eigenvalue weighted by molar-refractivity contribution is 6.02. The monoisotopic (exact) mass is 639 g/mol. The average Bonchev–Trinajstić information content (AvgIpc) is 3.00. The van der Waals surface area contributed by atoms with Crippen molar-refractivity contribution >= 4 is 40.8 Å². The van der Waals surface area contributed by atoms with Crippen LogP contribution in [0.1, 0.15) is 25.0 Å². The number of urea groups is 1. The zero-order valence-electron chi connectivity index (χ0n) is 25.0. The first-order valence-corrected chi connectivity index (χ1v) is 14.3. The zero-order chi connectivity index (χ0) is 33.2. The summed E-state index contributed by atoms with van der Waals surface area (Å²) in [6.07, 6.45) is -5.12. The Hall–Kier alpha value is -5.27. The van der Waals surface area contributed by atoms with Crippen LogP contribution in [0.5, 0.6) is 0 Å². The van der Waals surface area contributed by atoms with E-state index in [-0.39, 0.29) is 41.8 Å². The maximum atomic E-state index is 15.0. The van der Waals surface area contributed by atoms with Crippen molar-refractivity contribution in [1.29, 1.82) is 0 Å². The number of alkyl halides is 3. The van der Waals surface area contributed by atoms with Crippen LogP contribution in [0.25, 0.3) is 11.3 Å². The van der Waals surface area contributed by atoms with Crippen LogP contribution >= 0.6 is 0 Å². The van der Waals surface area contributed by atoms with Crippen LogP contribution in [-0.4, -0.2) is 47.2 Å². The number of fused-ring (bicyclic) bond motifs is 1. The molecule has 0 aliphatic carbocycles. The molecule has 3 amide bonds. The Kier molecular flexibility index (Phi) is 9.08. The number of aryl methyl sites for hydroxylation is 1. The molecule has 0 radical (unpaired) electrons. The number of rotatable bonds is 9. The van der Waals surface area contributed by atoms with Gasteiger partial charge in [0.25, 0.3) is 0 Å². The summed E-state index contributed by atoms with van der Waals surface area (Å²) in [5.74, 6) is -4.18. The van der Waals surface area contributed by atoms with E-state index >= 15 is 8.78 Å². The lowest BCUT2D eigenvalue weighted by Crippen LogP contribution is -2.45. The smallest absolute Gasteiger partial charge is 0.383 e. The highest BCUT2D eigenvalue weighted by atomic mass is 19.4. The molecule has 0 bridgehead atoms. The number of aromatic nitrogens is 2. The van der Waals surface area contributed by atoms with E-state index in [2.05, 4.69) is 25.9 Å². The summed E-state index contributed by atoms with van der Waals surface area (Å²) < 4.78 is 70.7. The van der Waals surface area contributed by atoms with Gasteiger partial charge >= 0.3 is 18.1 Å². The Morgan fingerprint density at radius 2 is 1.65 bits per heavy atom. The molecule has 0 spiro atoms. The van der Waals surface area contributed by atoms with E-state index in [1.807, 2.05) is 30.3 Å². The topological polar surface area (TPSA) is 102 Å². The van der Waals surface area contributed by atoms with Gasteiger partial charge < -0.3 is 20.9 Å². The average molecular weight is 640 g/mol. The lowest BCUT2D eigenvalue weighted by Gasteiger charge is -2.31. The van der Waals surface area contributed by atoms with Crippen LogP contribution in [0.15, 0.2) is 66.7 Å². The molecule has 14 heteroatoms. The number of nitrogens with one attached hydrogen (secondary N) is 3. The summed E-state index contributed by atoms with van der Waals surface area (Å²) in [4.78, 5) is 36.1. The van der Waals surface area contributed by atoms with E-state index in [9.17, 15) is 22.8 Å². The third-order valence-electron chi connectivity index (χ3n) is 7.22. The Morgan fingerprint density at radius 3 is 2.30 bits per heavy atom. The van der Waals surface area contributed by atoms with Crippen LogP contribution in [0.2, 0.25) is 0 Å². The SMILES string of the molecule is Cc1ccc(N(C(=O)C(F)(F)F)C(C)C)cc1-c1nc(NCCNc2ccccc2)nc2c1CNC(=O)N2c1c(F)cccc1F. The summed E-state index contributed by atoms with van der Waals surface area (Å²) in [6.45, 7) is 5.17. The van der Waals surface area contributed by atoms with E-state index in [0.717, 1.165) is 28.8 Å². The maximum absolute atomic E-state index is 15.0. The van der Waals surface area contributed by atoms with Gasteiger partial charge in [-0.2, -0.15) is 18.2 Å². The standard InChI is InChI=1S/C32H30F5N7O2/c1-18(2)43(29(45)32(35,36)37)21-13-12-19(3)22(16-21)26-23-17-40-31(46)44(27-24(33)10-7-11-25(27)34)28(23)42-30(41-26)39-15-14-38-20-8-5-4-6-9-20/h4-13,16,18,38H,14-15,17H2,1-3H3,(H,40,46)(H,39,41,42). The van der Waals surface area contributed by atoms with Crippen molar-refractivity contribution in [3.8, 4) is 11.3 Å². The largest absolute Gasteiger partial charge is 0.471 e. The predicted octanol–water partition coefficient (Wildman–Crippen LogP) is 6.92. The van der Waals surface area contributed by atoms with Crippen molar-refractivity contribution in [2.75, 3.05) is 33.5 Å². The molecule has 4 aromatic rings. The van der Waals surface area contributed by atoms with Crippen LogP contribution < -0.4 is 25.8 Å². The van der Waals surface area contributed by atoms with E-state index in [4.69, 9.17) is 0 Å². The quantitative estimate of drug-likeness (QED) is 0.136. The third kappa shape index (κ3) is 6.55. The molecule has 1 aliphatic rings. The van der Waals surface area contributed by atoms with Gasteiger partial charge in [0.15, 0.2) is 5.82 Å². The fourth-order valence-electron chi connectivity index (χ4n) is 5.11.